The van der Waals surface area contributed by atoms with Gasteiger partial charge in [-0.25, -0.2) is 9.97 Å². The number of likely N-dealkylation sites (tertiary alicyclic amines) is 1. The van der Waals surface area contributed by atoms with Gasteiger partial charge in [0.15, 0.2) is 0 Å². The summed E-state index contributed by atoms with van der Waals surface area (Å²) in [5.74, 6) is 1.31. The van der Waals surface area contributed by atoms with E-state index in [0.717, 1.165) is 67.9 Å². The average molecular weight is 375 g/mol. The summed E-state index contributed by atoms with van der Waals surface area (Å²) in [5.41, 5.74) is -0.242. The zero-order valence-electron chi connectivity index (χ0n) is 15.5. The zero-order valence-corrected chi connectivity index (χ0v) is 16.3. The van der Waals surface area contributed by atoms with Gasteiger partial charge in [0.05, 0.1) is 10.8 Å². The Kier molecular flexibility index (Phi) is 4.84. The van der Waals surface area contributed by atoms with Crippen LogP contribution < -0.4 is 4.90 Å². The molecule has 1 spiro atoms. The van der Waals surface area contributed by atoms with Crippen LogP contribution in [-0.2, 0) is 9.53 Å². The smallest absolute Gasteiger partial charge is 0.230 e. The lowest BCUT2D eigenvalue weighted by Crippen LogP contribution is -2.50. The first-order valence-electron chi connectivity index (χ1n) is 9.37. The highest BCUT2D eigenvalue weighted by atomic mass is 32.1. The third-order valence-corrected chi connectivity index (χ3v) is 6.64. The highest BCUT2D eigenvalue weighted by Crippen LogP contribution is 2.42. The van der Waals surface area contributed by atoms with Gasteiger partial charge in [-0.2, -0.15) is 0 Å². The van der Waals surface area contributed by atoms with E-state index in [-0.39, 0.29) is 5.41 Å². The molecule has 1 amide bonds. The fourth-order valence-electron chi connectivity index (χ4n) is 4.41. The SMILES string of the molecule is COCCCN1CCC[C@@]2(CCN(c3ncnc4sc(C)cc34)C2)C1=O. The summed E-state index contributed by atoms with van der Waals surface area (Å²) in [6.45, 7) is 6.15. The maximum absolute atomic E-state index is 13.2. The van der Waals surface area contributed by atoms with Crippen molar-refractivity contribution in [1.82, 2.24) is 14.9 Å². The Hall–Kier alpha value is -1.73. The van der Waals surface area contributed by atoms with Crippen LogP contribution in [0.15, 0.2) is 12.4 Å². The molecule has 0 radical (unpaired) electrons. The highest BCUT2D eigenvalue weighted by molar-refractivity contribution is 7.18. The molecule has 26 heavy (non-hydrogen) atoms. The lowest BCUT2D eigenvalue weighted by atomic mass is 9.78. The van der Waals surface area contributed by atoms with Crippen LogP contribution in [0.5, 0.6) is 0 Å². The summed E-state index contributed by atoms with van der Waals surface area (Å²) in [7, 11) is 1.71. The monoisotopic (exact) mass is 374 g/mol. The van der Waals surface area contributed by atoms with Crippen molar-refractivity contribution in [3.8, 4) is 0 Å². The van der Waals surface area contributed by atoms with Crippen molar-refractivity contribution in [3.63, 3.8) is 0 Å². The van der Waals surface area contributed by atoms with Crippen LogP contribution in [0.4, 0.5) is 5.82 Å². The van der Waals surface area contributed by atoms with Crippen molar-refractivity contribution in [2.24, 2.45) is 5.41 Å². The van der Waals surface area contributed by atoms with Gasteiger partial charge in [0.25, 0.3) is 0 Å². The number of carbonyl (C=O) groups excluding carboxylic acids is 1. The topological polar surface area (TPSA) is 58.6 Å². The Morgan fingerprint density at radius 3 is 3.04 bits per heavy atom. The van der Waals surface area contributed by atoms with Crippen LogP contribution in [0.2, 0.25) is 0 Å². The molecule has 1 atom stereocenters. The van der Waals surface area contributed by atoms with Crippen LogP contribution in [0.3, 0.4) is 0 Å². The van der Waals surface area contributed by atoms with Gasteiger partial charge in [-0.05, 0) is 38.7 Å². The Morgan fingerprint density at radius 2 is 2.19 bits per heavy atom. The number of hydrogen-bond acceptors (Lipinski definition) is 6. The van der Waals surface area contributed by atoms with Crippen LogP contribution >= 0.6 is 11.3 Å². The molecule has 0 aromatic carbocycles. The summed E-state index contributed by atoms with van der Waals surface area (Å²) in [5, 5.41) is 1.12. The minimum Gasteiger partial charge on any atom is -0.385 e. The largest absolute Gasteiger partial charge is 0.385 e. The molecule has 2 aromatic heterocycles. The second-order valence-electron chi connectivity index (χ2n) is 7.47. The fraction of sp³-hybridized carbons (Fsp3) is 0.632. The molecule has 0 unspecified atom stereocenters. The molecular weight excluding hydrogens is 348 g/mol. The van der Waals surface area contributed by atoms with Gasteiger partial charge in [0, 0.05) is 44.8 Å². The van der Waals surface area contributed by atoms with Crippen molar-refractivity contribution < 1.29 is 9.53 Å². The molecule has 4 heterocycles. The molecule has 2 aromatic rings. The number of rotatable bonds is 5. The van der Waals surface area contributed by atoms with Gasteiger partial charge in [-0.3, -0.25) is 4.79 Å². The third kappa shape index (κ3) is 3.07. The van der Waals surface area contributed by atoms with E-state index in [0.29, 0.717) is 12.5 Å². The van der Waals surface area contributed by atoms with E-state index in [2.05, 4.69) is 32.8 Å². The predicted molar refractivity (Wildman–Crippen MR) is 104 cm³/mol. The van der Waals surface area contributed by atoms with Crippen molar-refractivity contribution in [2.75, 3.05) is 44.8 Å². The summed E-state index contributed by atoms with van der Waals surface area (Å²) in [4.78, 5) is 28.8. The number of hydrogen-bond donors (Lipinski definition) is 0. The van der Waals surface area contributed by atoms with E-state index in [4.69, 9.17) is 4.74 Å². The zero-order chi connectivity index (χ0) is 18.1. The number of aryl methyl sites for hydroxylation is 1. The molecular formula is C19H26N4O2S. The van der Waals surface area contributed by atoms with Crippen molar-refractivity contribution in [3.05, 3.63) is 17.3 Å². The van der Waals surface area contributed by atoms with Gasteiger partial charge in [0.2, 0.25) is 5.91 Å². The maximum Gasteiger partial charge on any atom is 0.230 e. The molecule has 2 fully saturated rings. The summed E-state index contributed by atoms with van der Waals surface area (Å²) in [6.07, 6.45) is 5.55. The number of carbonyl (C=O) groups is 1. The number of amides is 1. The molecule has 2 aliphatic rings. The second kappa shape index (κ2) is 7.12. The molecule has 0 saturated carbocycles. The van der Waals surface area contributed by atoms with E-state index in [1.165, 1.54) is 4.88 Å². The van der Waals surface area contributed by atoms with Crippen molar-refractivity contribution >= 4 is 33.3 Å². The minimum atomic E-state index is -0.242. The average Bonchev–Trinajstić information content (AvgIpc) is 3.22. The first-order chi connectivity index (χ1) is 12.6. The van der Waals surface area contributed by atoms with Gasteiger partial charge in [-0.1, -0.05) is 0 Å². The normalized spacial score (nSPS) is 23.5. The molecule has 2 aliphatic heterocycles. The molecule has 7 heteroatoms. The number of aromatic nitrogens is 2. The molecule has 4 rings (SSSR count). The van der Waals surface area contributed by atoms with Gasteiger partial charge in [-0.15, -0.1) is 11.3 Å². The van der Waals surface area contributed by atoms with Crippen molar-refractivity contribution in [1.29, 1.82) is 0 Å². The molecule has 140 valence electrons. The van der Waals surface area contributed by atoms with E-state index in [1.807, 2.05) is 0 Å². The Balaban J connectivity index is 1.54. The summed E-state index contributed by atoms with van der Waals surface area (Å²) < 4.78 is 5.14. The van der Waals surface area contributed by atoms with E-state index in [9.17, 15) is 4.79 Å². The Labute approximate surface area is 158 Å². The van der Waals surface area contributed by atoms with Gasteiger partial charge < -0.3 is 14.5 Å². The van der Waals surface area contributed by atoms with Crippen LogP contribution in [0, 0.1) is 12.3 Å². The summed E-state index contributed by atoms with van der Waals surface area (Å²) >= 11 is 1.70. The minimum absolute atomic E-state index is 0.242. The van der Waals surface area contributed by atoms with Crippen LogP contribution in [0.25, 0.3) is 10.2 Å². The Morgan fingerprint density at radius 1 is 1.31 bits per heavy atom. The Bertz CT molecular complexity index is 808. The lowest BCUT2D eigenvalue weighted by Gasteiger charge is -2.39. The lowest BCUT2D eigenvalue weighted by molar-refractivity contribution is -0.145. The number of thiophene rings is 1. The van der Waals surface area contributed by atoms with Crippen molar-refractivity contribution in [2.45, 2.75) is 32.6 Å². The quantitative estimate of drug-likeness (QED) is 0.753. The summed E-state index contributed by atoms with van der Waals surface area (Å²) in [6, 6.07) is 2.17. The third-order valence-electron chi connectivity index (χ3n) is 5.69. The van der Waals surface area contributed by atoms with Crippen LogP contribution in [0.1, 0.15) is 30.6 Å². The van der Waals surface area contributed by atoms with Gasteiger partial charge in [0.1, 0.15) is 17.0 Å². The molecule has 6 nitrogen and oxygen atoms in total. The number of methoxy groups -OCH3 is 1. The van der Waals surface area contributed by atoms with E-state index in [1.54, 1.807) is 24.8 Å². The molecule has 0 aliphatic carbocycles. The van der Waals surface area contributed by atoms with Gasteiger partial charge >= 0.3 is 0 Å². The molecule has 2 saturated heterocycles. The number of ether oxygens (including phenoxy) is 1. The fourth-order valence-corrected chi connectivity index (χ4v) is 5.25. The standard InChI is InChI=1S/C19H26N4O2S/c1-14-11-15-16(20-13-21-17(15)26-14)23-9-6-19(12-23)5-3-7-22(18(19)24)8-4-10-25-2/h11,13H,3-10,12H2,1-2H3/t19-/m0/s1. The van der Waals surface area contributed by atoms with Crippen LogP contribution in [-0.4, -0.2) is 60.7 Å². The maximum atomic E-state index is 13.2. The highest BCUT2D eigenvalue weighted by Gasteiger charge is 2.48. The number of piperidine rings is 1. The molecule has 0 N–H and O–H groups in total. The number of anilines is 1. The molecule has 0 bridgehead atoms. The van der Waals surface area contributed by atoms with E-state index < -0.39 is 0 Å². The first-order valence-corrected chi connectivity index (χ1v) is 10.2. The van der Waals surface area contributed by atoms with E-state index >= 15 is 0 Å². The number of fused-ring (bicyclic) bond motifs is 1. The number of nitrogens with zero attached hydrogens (tertiary/aromatic N) is 4. The predicted octanol–water partition coefficient (Wildman–Crippen LogP) is 2.86. The first kappa shape index (κ1) is 17.7. The second-order valence-corrected chi connectivity index (χ2v) is 8.70.